The third-order valence-electron chi connectivity index (χ3n) is 7.88. The van der Waals surface area contributed by atoms with E-state index in [4.69, 9.17) is 55.6 Å². The lowest BCUT2D eigenvalue weighted by Gasteiger charge is -2.48. The predicted octanol–water partition coefficient (Wildman–Crippen LogP) is -7.61. The van der Waals surface area contributed by atoms with Crippen molar-refractivity contribution in [2.75, 3.05) is 19.8 Å². The fraction of sp³-hybridized carbons (Fsp3) is 0.880. The van der Waals surface area contributed by atoms with Gasteiger partial charge in [-0.05, 0) is 0 Å². The second-order valence-electron chi connectivity index (χ2n) is 11.4. The van der Waals surface area contributed by atoms with Gasteiger partial charge in [-0.1, -0.05) is 6.92 Å². The molecular formula is C25H44N2O20. The molecule has 3 aliphatic rings. The molecule has 0 saturated carbocycles. The van der Waals surface area contributed by atoms with E-state index in [-0.39, 0.29) is 0 Å². The largest absolute Gasteiger partial charge is 0.481 e. The molecule has 3 rings (SSSR count). The van der Waals surface area contributed by atoms with Gasteiger partial charge in [0.25, 0.3) is 0 Å². The van der Waals surface area contributed by atoms with Gasteiger partial charge in [-0.25, -0.2) is 4.79 Å². The third-order valence-corrected chi connectivity index (χ3v) is 7.88. The van der Waals surface area contributed by atoms with Crippen LogP contribution < -0.4 is 11.5 Å². The molecule has 3 saturated heterocycles. The van der Waals surface area contributed by atoms with Gasteiger partial charge in [0.2, 0.25) is 0 Å². The van der Waals surface area contributed by atoms with Crippen molar-refractivity contribution in [3.05, 3.63) is 0 Å². The summed E-state index contributed by atoms with van der Waals surface area (Å²) in [6.45, 7) is -0.400. The molecule has 274 valence electrons. The average molecular weight is 693 g/mol. The number of aliphatic carboxylic acids is 3. The van der Waals surface area contributed by atoms with E-state index in [2.05, 4.69) is 0 Å². The first-order valence-corrected chi connectivity index (χ1v) is 14.2. The van der Waals surface area contributed by atoms with Gasteiger partial charge < -0.3 is 96.4 Å². The minimum Gasteiger partial charge on any atom is -0.481 e. The zero-order chi connectivity index (χ0) is 36.0. The molecule has 16 N–H and O–H groups in total. The summed E-state index contributed by atoms with van der Waals surface area (Å²) in [6.07, 6.45) is -18.2. The van der Waals surface area contributed by atoms with Crippen LogP contribution in [0.25, 0.3) is 0 Å². The lowest BCUT2D eigenvalue weighted by atomic mass is 9.91. The Morgan fingerprint density at radius 3 is 1.49 bits per heavy atom. The first kappa shape index (κ1) is 40.9. The number of aliphatic hydroxyl groups excluding tert-OH is 8. The molecule has 15 atom stereocenters. The maximum Gasteiger partial charge on any atom is 0.336 e. The van der Waals surface area contributed by atoms with E-state index < -0.39 is 148 Å². The fourth-order valence-corrected chi connectivity index (χ4v) is 5.01. The van der Waals surface area contributed by atoms with Gasteiger partial charge in [-0.2, -0.15) is 0 Å². The summed E-state index contributed by atoms with van der Waals surface area (Å²) in [5, 5.41) is 114. The number of rotatable bonds is 12. The number of nitrogens with two attached hydrogens (primary N) is 2. The molecule has 15 unspecified atom stereocenters. The summed E-state index contributed by atoms with van der Waals surface area (Å²) in [5.41, 5.74) is 9.21. The molecule has 3 heterocycles. The van der Waals surface area contributed by atoms with E-state index in [0.717, 1.165) is 0 Å². The Labute approximate surface area is 266 Å². The van der Waals surface area contributed by atoms with Crippen molar-refractivity contribution in [2.45, 2.75) is 111 Å². The van der Waals surface area contributed by atoms with Gasteiger partial charge in [0.1, 0.15) is 48.8 Å². The second-order valence-corrected chi connectivity index (χ2v) is 11.4. The molecule has 22 nitrogen and oxygen atoms in total. The van der Waals surface area contributed by atoms with Crippen LogP contribution in [0.5, 0.6) is 0 Å². The van der Waals surface area contributed by atoms with Crippen molar-refractivity contribution in [1.82, 2.24) is 0 Å². The Bertz CT molecular complexity index is 1020. The standard InChI is InChI=1S/C19H36N2O13.C6H8O7/c1-5-11(25)15(7(3-23)30-17(5)29)33-19-10(21)14(28)16(8(4-24)32-19)34-18-9(20)13(27)12(26)6(2-22)31-18;7-3(8)1-6(13,5(11)12)2-4(9)10/h5-19,22-29H,2-4,20-21H2,1H3;13H,1-2H2,(H,7,8)(H,9,10)(H,11,12). The molecule has 0 aliphatic carbocycles. The topological polar surface area (TPSA) is 392 Å². The number of hydrogen-bond donors (Lipinski definition) is 14. The van der Waals surface area contributed by atoms with Gasteiger partial charge in [-0.15, -0.1) is 0 Å². The zero-order valence-electron chi connectivity index (χ0n) is 25.0. The van der Waals surface area contributed by atoms with Crippen molar-refractivity contribution in [3.8, 4) is 0 Å². The molecule has 3 fully saturated rings. The van der Waals surface area contributed by atoms with E-state index in [0.29, 0.717) is 0 Å². The van der Waals surface area contributed by atoms with Crippen LogP contribution in [0.1, 0.15) is 19.8 Å². The molecule has 22 heteroatoms. The van der Waals surface area contributed by atoms with Crippen molar-refractivity contribution in [1.29, 1.82) is 0 Å². The van der Waals surface area contributed by atoms with Crippen molar-refractivity contribution < 1.29 is 99.3 Å². The minimum absolute atomic E-state index is 0.595. The number of carbonyl (C=O) groups is 3. The molecular weight excluding hydrogens is 648 g/mol. The van der Waals surface area contributed by atoms with Crippen molar-refractivity contribution >= 4 is 17.9 Å². The average Bonchev–Trinajstić information content (AvgIpc) is 3.00. The highest BCUT2D eigenvalue weighted by Gasteiger charge is 2.52. The molecule has 0 amide bonds. The summed E-state index contributed by atoms with van der Waals surface area (Å²) in [5.74, 6) is -5.79. The summed E-state index contributed by atoms with van der Waals surface area (Å²) in [6, 6.07) is -2.55. The molecule has 3 aliphatic heterocycles. The maximum absolute atomic E-state index is 10.8. The highest BCUT2D eigenvalue weighted by Crippen LogP contribution is 2.32. The van der Waals surface area contributed by atoms with E-state index in [1.54, 1.807) is 0 Å². The Kier molecular flexibility index (Phi) is 15.2. The lowest BCUT2D eigenvalue weighted by molar-refractivity contribution is -0.351. The van der Waals surface area contributed by atoms with Gasteiger partial charge >= 0.3 is 17.9 Å². The van der Waals surface area contributed by atoms with Gasteiger partial charge in [0.15, 0.2) is 24.5 Å². The summed E-state index contributed by atoms with van der Waals surface area (Å²) in [7, 11) is 0. The summed E-state index contributed by atoms with van der Waals surface area (Å²) < 4.78 is 27.7. The second kappa shape index (κ2) is 17.4. The quantitative estimate of drug-likeness (QED) is 0.0902. The van der Waals surface area contributed by atoms with E-state index in [1.807, 2.05) is 0 Å². The van der Waals surface area contributed by atoms with E-state index in [9.17, 15) is 55.2 Å². The highest BCUT2D eigenvalue weighted by molar-refractivity contribution is 5.88. The molecule has 0 aromatic rings. The van der Waals surface area contributed by atoms with Gasteiger partial charge in [0.05, 0.1) is 50.8 Å². The molecule has 0 bridgehead atoms. The number of ether oxygens (including phenoxy) is 5. The van der Waals surface area contributed by atoms with Crippen LogP contribution >= 0.6 is 0 Å². The minimum atomic E-state index is -2.74. The molecule has 0 aromatic heterocycles. The normalized spacial score (nSPS) is 41.0. The van der Waals surface area contributed by atoms with Crippen LogP contribution in [0, 0.1) is 5.92 Å². The molecule has 47 heavy (non-hydrogen) atoms. The SMILES string of the molecule is CC1C(O)OC(CO)C(OC2OC(CO)C(OC3OC(CO)C(O)C(O)C3N)C(O)C2N)C1O.O=C(O)CC(O)(CC(=O)O)C(=O)O. The first-order valence-electron chi connectivity index (χ1n) is 14.2. The number of carboxylic acid groups (broad SMARTS) is 3. The monoisotopic (exact) mass is 692 g/mol. The fourth-order valence-electron chi connectivity index (χ4n) is 5.01. The highest BCUT2D eigenvalue weighted by atomic mass is 16.7. The molecule has 0 radical (unpaired) electrons. The number of hydrogen-bond acceptors (Lipinski definition) is 19. The van der Waals surface area contributed by atoms with Crippen molar-refractivity contribution in [3.63, 3.8) is 0 Å². The summed E-state index contributed by atoms with van der Waals surface area (Å²) >= 11 is 0. The van der Waals surface area contributed by atoms with Crippen LogP contribution in [0.4, 0.5) is 0 Å². The van der Waals surface area contributed by atoms with Crippen LogP contribution in [0.2, 0.25) is 0 Å². The Hall–Kier alpha value is -2.23. The van der Waals surface area contributed by atoms with E-state index >= 15 is 0 Å². The van der Waals surface area contributed by atoms with Crippen LogP contribution in [-0.4, -0.2) is 190 Å². The smallest absolute Gasteiger partial charge is 0.336 e. The van der Waals surface area contributed by atoms with Crippen LogP contribution in [0.15, 0.2) is 0 Å². The number of aliphatic hydroxyl groups is 9. The van der Waals surface area contributed by atoms with Crippen LogP contribution in [0.3, 0.4) is 0 Å². The molecule has 0 spiro atoms. The lowest BCUT2D eigenvalue weighted by Crippen LogP contribution is -2.68. The van der Waals surface area contributed by atoms with E-state index in [1.165, 1.54) is 6.92 Å². The van der Waals surface area contributed by atoms with Crippen LogP contribution in [-0.2, 0) is 38.1 Å². The Morgan fingerprint density at radius 2 is 1.06 bits per heavy atom. The van der Waals surface area contributed by atoms with Gasteiger partial charge in [-0.3, -0.25) is 9.59 Å². The third kappa shape index (κ3) is 9.91. The number of carboxylic acids is 3. The Morgan fingerprint density at radius 1 is 0.660 bits per heavy atom. The predicted molar refractivity (Wildman–Crippen MR) is 145 cm³/mol. The Balaban J connectivity index is 0.000000500. The van der Waals surface area contributed by atoms with Gasteiger partial charge in [0, 0.05) is 5.92 Å². The first-order chi connectivity index (χ1) is 21.8. The van der Waals surface area contributed by atoms with Crippen molar-refractivity contribution in [2.24, 2.45) is 17.4 Å². The maximum atomic E-state index is 10.8. The summed E-state index contributed by atoms with van der Waals surface area (Å²) in [4.78, 5) is 30.5. The zero-order valence-corrected chi connectivity index (χ0v) is 25.0. The molecule has 0 aromatic carbocycles.